The number of aryl methyl sites for hydroxylation is 1. The van der Waals surface area contributed by atoms with Crippen LogP contribution in [0.15, 0.2) is 35.4 Å². The van der Waals surface area contributed by atoms with E-state index < -0.39 is 5.92 Å². The third-order valence-corrected chi connectivity index (χ3v) is 5.16. The van der Waals surface area contributed by atoms with Crippen LogP contribution in [0.4, 0.5) is 11.4 Å². The molecule has 0 unspecified atom stereocenters. The number of ether oxygens (including phenoxy) is 1. The predicted octanol–water partition coefficient (Wildman–Crippen LogP) is 4.44. The fourth-order valence-electron chi connectivity index (χ4n) is 3.51. The van der Waals surface area contributed by atoms with Crippen molar-refractivity contribution in [3.8, 4) is 0 Å². The molecule has 0 saturated carbocycles. The lowest BCUT2D eigenvalue weighted by atomic mass is 9.78. The number of hydrogen-bond acceptors (Lipinski definition) is 6. The quantitative estimate of drug-likeness (QED) is 0.497. The zero-order valence-electron chi connectivity index (χ0n) is 16.5. The van der Waals surface area contributed by atoms with Crippen molar-refractivity contribution < 1.29 is 14.6 Å². The lowest BCUT2D eigenvalue weighted by molar-refractivity contribution is -0.145. The Morgan fingerprint density at radius 1 is 1.30 bits per heavy atom. The number of hydrogen-bond donors (Lipinski definition) is 3. The van der Waals surface area contributed by atoms with Gasteiger partial charge in [0.2, 0.25) is 0 Å². The molecular weight excluding hydrogens is 342 g/mol. The van der Waals surface area contributed by atoms with E-state index >= 15 is 0 Å². The van der Waals surface area contributed by atoms with Gasteiger partial charge in [-0.25, -0.2) is 5.53 Å². The molecule has 2 aromatic rings. The van der Waals surface area contributed by atoms with Crippen molar-refractivity contribution in [1.82, 2.24) is 0 Å². The molecule has 0 spiro atoms. The zero-order chi connectivity index (χ0) is 20.1. The van der Waals surface area contributed by atoms with E-state index in [1.165, 1.54) is 7.11 Å². The lowest BCUT2D eigenvalue weighted by Crippen LogP contribution is -2.23. The van der Waals surface area contributed by atoms with Gasteiger partial charge in [-0.15, -0.1) is 0 Å². The molecule has 144 valence electrons. The number of rotatable bonds is 7. The van der Waals surface area contributed by atoms with Crippen LogP contribution in [0.1, 0.15) is 40.7 Å². The van der Waals surface area contributed by atoms with E-state index in [4.69, 9.17) is 10.3 Å². The Morgan fingerprint density at radius 2 is 2.00 bits per heavy atom. The Kier molecular flexibility index (Phi) is 6.69. The van der Waals surface area contributed by atoms with E-state index in [9.17, 15) is 9.90 Å². The molecule has 6 heteroatoms. The van der Waals surface area contributed by atoms with Crippen molar-refractivity contribution in [2.45, 2.75) is 33.3 Å². The van der Waals surface area contributed by atoms with Gasteiger partial charge in [-0.3, -0.25) is 4.79 Å². The maximum atomic E-state index is 12.4. The first-order valence-electron chi connectivity index (χ1n) is 8.86. The average molecular weight is 369 g/mol. The zero-order valence-corrected chi connectivity index (χ0v) is 16.5. The van der Waals surface area contributed by atoms with E-state index in [1.54, 1.807) is 7.05 Å². The van der Waals surface area contributed by atoms with Crippen LogP contribution < -0.4 is 5.32 Å². The lowest BCUT2D eigenvalue weighted by Gasteiger charge is -2.26. The molecule has 0 radical (unpaired) electrons. The molecule has 6 nitrogen and oxygen atoms in total. The van der Waals surface area contributed by atoms with Gasteiger partial charge in [0.05, 0.1) is 25.3 Å². The number of benzene rings is 2. The molecule has 0 heterocycles. The fraction of sp³-hybridized carbons (Fsp3) is 0.381. The van der Waals surface area contributed by atoms with Gasteiger partial charge in [-0.05, 0) is 47.7 Å². The van der Waals surface area contributed by atoms with Crippen LogP contribution in [0.3, 0.4) is 0 Å². The first-order chi connectivity index (χ1) is 12.9. The van der Waals surface area contributed by atoms with Crippen molar-refractivity contribution in [3.63, 3.8) is 0 Å². The SMILES string of the molecule is CNc1ccc([C@H](c2ccc(C)c(CO)c2)[C@@H](C)C(=O)OC)c(C)c1N=N. The summed E-state index contributed by atoms with van der Waals surface area (Å²) in [5, 5.41) is 16.4. The number of carbonyl (C=O) groups is 1. The van der Waals surface area contributed by atoms with E-state index in [1.807, 2.05) is 51.1 Å². The van der Waals surface area contributed by atoms with E-state index in [0.29, 0.717) is 5.69 Å². The minimum absolute atomic E-state index is 0.0655. The minimum atomic E-state index is -0.443. The Morgan fingerprint density at radius 3 is 2.56 bits per heavy atom. The molecule has 0 aliphatic carbocycles. The van der Waals surface area contributed by atoms with Crippen LogP contribution in [-0.4, -0.2) is 25.2 Å². The number of aliphatic hydroxyl groups is 1. The van der Waals surface area contributed by atoms with Crippen molar-refractivity contribution in [2.75, 3.05) is 19.5 Å². The normalized spacial score (nSPS) is 13.0. The maximum Gasteiger partial charge on any atom is 0.309 e. The second-order valence-electron chi connectivity index (χ2n) is 6.67. The van der Waals surface area contributed by atoms with E-state index in [-0.39, 0.29) is 18.5 Å². The smallest absolute Gasteiger partial charge is 0.309 e. The van der Waals surface area contributed by atoms with Crippen molar-refractivity contribution in [2.24, 2.45) is 11.0 Å². The first kappa shape index (κ1) is 20.6. The fourth-order valence-corrected chi connectivity index (χ4v) is 3.51. The highest BCUT2D eigenvalue weighted by molar-refractivity contribution is 5.76. The van der Waals surface area contributed by atoms with E-state index in [0.717, 1.165) is 33.5 Å². The highest BCUT2D eigenvalue weighted by atomic mass is 16.5. The molecule has 3 N–H and O–H groups in total. The molecule has 0 aliphatic rings. The second kappa shape index (κ2) is 8.77. The summed E-state index contributed by atoms with van der Waals surface area (Å²) in [4.78, 5) is 12.4. The molecule has 2 atom stereocenters. The van der Waals surface area contributed by atoms with Gasteiger partial charge in [0.15, 0.2) is 0 Å². The molecule has 0 aliphatic heterocycles. The van der Waals surface area contributed by atoms with Crippen molar-refractivity contribution >= 4 is 17.3 Å². The summed E-state index contributed by atoms with van der Waals surface area (Å²) < 4.78 is 5.00. The molecule has 0 bridgehead atoms. The van der Waals surface area contributed by atoms with Gasteiger partial charge < -0.3 is 15.2 Å². The molecule has 0 amide bonds. The molecular formula is C21H27N3O3. The summed E-state index contributed by atoms with van der Waals surface area (Å²) in [5.41, 5.74) is 13.3. The summed E-state index contributed by atoms with van der Waals surface area (Å²) in [6, 6.07) is 9.68. The first-order valence-corrected chi connectivity index (χ1v) is 8.86. The van der Waals surface area contributed by atoms with Crippen LogP contribution in [0, 0.1) is 25.3 Å². The number of esters is 1. The van der Waals surface area contributed by atoms with Gasteiger partial charge in [0.1, 0.15) is 5.69 Å². The third-order valence-electron chi connectivity index (χ3n) is 5.16. The molecule has 2 aromatic carbocycles. The highest BCUT2D eigenvalue weighted by Gasteiger charge is 2.30. The van der Waals surface area contributed by atoms with Gasteiger partial charge in [-0.2, -0.15) is 5.11 Å². The molecule has 0 saturated heterocycles. The Bertz CT molecular complexity index is 849. The summed E-state index contributed by atoms with van der Waals surface area (Å²) in [6.07, 6.45) is 0. The van der Waals surface area contributed by atoms with Gasteiger partial charge in [0, 0.05) is 13.0 Å². The molecule has 27 heavy (non-hydrogen) atoms. The molecule has 0 aromatic heterocycles. The van der Waals surface area contributed by atoms with Crippen LogP contribution in [-0.2, 0) is 16.1 Å². The van der Waals surface area contributed by atoms with Gasteiger partial charge in [0.25, 0.3) is 0 Å². The van der Waals surface area contributed by atoms with Gasteiger partial charge in [-0.1, -0.05) is 31.2 Å². The largest absolute Gasteiger partial charge is 0.469 e. The van der Waals surface area contributed by atoms with E-state index in [2.05, 4.69) is 10.4 Å². The summed E-state index contributed by atoms with van der Waals surface area (Å²) in [7, 11) is 3.16. The highest BCUT2D eigenvalue weighted by Crippen LogP contribution is 2.40. The number of nitrogens with one attached hydrogen (secondary N) is 2. The number of methoxy groups -OCH3 is 1. The van der Waals surface area contributed by atoms with Crippen molar-refractivity contribution in [1.29, 1.82) is 5.53 Å². The molecule has 2 rings (SSSR count). The van der Waals surface area contributed by atoms with Crippen LogP contribution in [0.5, 0.6) is 0 Å². The topological polar surface area (TPSA) is 94.8 Å². The molecule has 0 fully saturated rings. The monoisotopic (exact) mass is 369 g/mol. The average Bonchev–Trinajstić information content (AvgIpc) is 2.69. The van der Waals surface area contributed by atoms with Crippen LogP contribution in [0.2, 0.25) is 0 Å². The Hall–Kier alpha value is -2.73. The minimum Gasteiger partial charge on any atom is -0.469 e. The standard InChI is InChI=1S/C21H27N3O3/c1-12-6-7-15(10-16(12)11-25)19(14(3)21(26)27-5)17-8-9-18(23-4)20(24-22)13(17)2/h6-10,14,19,22-23,25H,11H2,1-5H3/t14-,19+/m1/s1. The third kappa shape index (κ3) is 4.01. The Labute approximate surface area is 160 Å². The number of anilines is 1. The number of aliphatic hydroxyl groups excluding tert-OH is 1. The second-order valence-corrected chi connectivity index (χ2v) is 6.67. The van der Waals surface area contributed by atoms with Crippen LogP contribution in [0.25, 0.3) is 0 Å². The predicted molar refractivity (Wildman–Crippen MR) is 106 cm³/mol. The summed E-state index contributed by atoms with van der Waals surface area (Å²) in [6.45, 7) is 5.61. The number of carbonyl (C=O) groups excluding carboxylic acids is 1. The summed E-state index contributed by atoms with van der Waals surface area (Å²) in [5.74, 6) is -1.04. The Balaban J connectivity index is 2.71. The van der Waals surface area contributed by atoms with Crippen molar-refractivity contribution in [3.05, 3.63) is 58.1 Å². The number of nitrogens with zero attached hydrogens (tertiary/aromatic N) is 1. The maximum absolute atomic E-state index is 12.4. The van der Waals surface area contributed by atoms with Gasteiger partial charge >= 0.3 is 5.97 Å². The summed E-state index contributed by atoms with van der Waals surface area (Å²) >= 11 is 0. The van der Waals surface area contributed by atoms with Crippen LogP contribution >= 0.6 is 0 Å².